The van der Waals surface area contributed by atoms with Crippen molar-refractivity contribution in [1.29, 1.82) is 0 Å². The van der Waals surface area contributed by atoms with Crippen molar-refractivity contribution in [3.8, 4) is 0 Å². The summed E-state index contributed by atoms with van der Waals surface area (Å²) in [5, 5.41) is 8.53. The molecule has 0 spiro atoms. The third kappa shape index (κ3) is 2.87. The van der Waals surface area contributed by atoms with Crippen molar-refractivity contribution in [1.82, 2.24) is 14.9 Å². The molecule has 0 aromatic carbocycles. The molecule has 9 heteroatoms. The van der Waals surface area contributed by atoms with E-state index in [1.54, 1.807) is 6.92 Å². The number of aryl methyl sites for hydroxylation is 1. The van der Waals surface area contributed by atoms with Crippen LogP contribution >= 0.6 is 11.8 Å². The van der Waals surface area contributed by atoms with Gasteiger partial charge in [0.25, 0.3) is 0 Å². The minimum atomic E-state index is -4.60. The maximum Gasteiger partial charge on any atom is 0.431 e. The lowest BCUT2D eigenvalue weighted by molar-refractivity contribution is -0.142. The van der Waals surface area contributed by atoms with E-state index in [9.17, 15) is 18.0 Å². The molecule has 0 saturated heterocycles. The lowest BCUT2D eigenvalue weighted by atomic mass is 10.2. The molecule has 0 bridgehead atoms. The van der Waals surface area contributed by atoms with Gasteiger partial charge in [0.2, 0.25) is 0 Å². The topological polar surface area (TPSA) is 66.3 Å². The predicted octanol–water partition coefficient (Wildman–Crippen LogP) is 2.15. The Labute approximate surface area is 116 Å². The van der Waals surface area contributed by atoms with Gasteiger partial charge in [-0.25, -0.2) is 4.79 Å². The second-order valence-electron chi connectivity index (χ2n) is 4.04. The number of aliphatic carboxylic acids is 1. The minimum absolute atomic E-state index is 0.255. The molecule has 20 heavy (non-hydrogen) atoms. The molecule has 1 aliphatic rings. The second kappa shape index (κ2) is 5.31. The summed E-state index contributed by atoms with van der Waals surface area (Å²) in [7, 11) is 0. The third-order valence-corrected chi connectivity index (χ3v) is 3.78. The molecule has 2 heterocycles. The Kier molecular flexibility index (Phi) is 3.89. The summed E-state index contributed by atoms with van der Waals surface area (Å²) in [6.07, 6.45) is -1.82. The summed E-state index contributed by atoms with van der Waals surface area (Å²) in [5.74, 6) is -1.33. The fourth-order valence-corrected chi connectivity index (χ4v) is 2.72. The number of carbonyl (C=O) groups is 1. The molecule has 108 valence electrons. The Morgan fingerprint density at radius 1 is 1.45 bits per heavy atom. The fourth-order valence-electron chi connectivity index (χ4n) is 1.74. The van der Waals surface area contributed by atoms with Crippen molar-refractivity contribution in [2.75, 3.05) is 0 Å². The quantitative estimate of drug-likeness (QED) is 0.923. The highest BCUT2D eigenvalue weighted by molar-refractivity contribution is 8.03. The summed E-state index contributed by atoms with van der Waals surface area (Å²) in [5.41, 5.74) is -0.189. The monoisotopic (exact) mass is 305 g/mol. The number of alkyl halides is 3. The van der Waals surface area contributed by atoms with Crippen LogP contribution in [0.25, 0.3) is 0 Å². The summed E-state index contributed by atoms with van der Waals surface area (Å²) in [6, 6.07) is 0. The molecule has 1 aromatic heterocycles. The molecule has 0 saturated carbocycles. The molecule has 1 aromatic rings. The summed E-state index contributed by atoms with van der Waals surface area (Å²) in [6.45, 7) is 1.35. The van der Waals surface area contributed by atoms with E-state index >= 15 is 0 Å². The number of allylic oxidation sites excluding steroid dienone is 1. The first-order chi connectivity index (χ1) is 9.30. The van der Waals surface area contributed by atoms with Crippen LogP contribution in [-0.2, 0) is 11.3 Å². The van der Waals surface area contributed by atoms with Crippen molar-refractivity contribution in [3.05, 3.63) is 34.9 Å². The molecule has 1 atom stereocenters. The van der Waals surface area contributed by atoms with E-state index < -0.39 is 23.2 Å². The van der Waals surface area contributed by atoms with Gasteiger partial charge in [-0.1, -0.05) is 11.8 Å². The zero-order chi connectivity index (χ0) is 14.9. The van der Waals surface area contributed by atoms with Crippen LogP contribution in [0.5, 0.6) is 0 Å². The standard InChI is InChI=1S/C11H10F3N3O2S/c1-6-7(16-3-2-15-6)4-17-8(11(12,13)14)5-20-9(17)10(18)19/h2-3,5,9H,4H2,1H3,(H,18,19). The Morgan fingerprint density at radius 2 is 2.10 bits per heavy atom. The van der Waals surface area contributed by atoms with E-state index in [4.69, 9.17) is 5.11 Å². The van der Waals surface area contributed by atoms with Crippen LogP contribution in [0.1, 0.15) is 11.4 Å². The van der Waals surface area contributed by atoms with Crippen LogP contribution in [0, 0.1) is 6.92 Å². The summed E-state index contributed by atoms with van der Waals surface area (Å²) < 4.78 is 38.7. The SMILES string of the molecule is Cc1nccnc1CN1C(C(F)(F)F)=CSC1C(=O)O. The average Bonchev–Trinajstić information content (AvgIpc) is 2.75. The normalized spacial score (nSPS) is 19.1. The van der Waals surface area contributed by atoms with Crippen LogP contribution in [-0.4, -0.2) is 37.5 Å². The van der Waals surface area contributed by atoms with Gasteiger partial charge >= 0.3 is 12.1 Å². The Balaban J connectivity index is 2.31. The van der Waals surface area contributed by atoms with E-state index in [0.717, 1.165) is 10.3 Å². The van der Waals surface area contributed by atoms with Crippen LogP contribution < -0.4 is 0 Å². The maximum absolute atomic E-state index is 12.9. The number of thioether (sulfide) groups is 1. The van der Waals surface area contributed by atoms with Crippen LogP contribution in [0.3, 0.4) is 0 Å². The smallest absolute Gasteiger partial charge is 0.431 e. The highest BCUT2D eigenvalue weighted by atomic mass is 32.2. The van der Waals surface area contributed by atoms with Crippen molar-refractivity contribution < 1.29 is 23.1 Å². The van der Waals surface area contributed by atoms with E-state index in [0.29, 0.717) is 23.1 Å². The number of aromatic nitrogens is 2. The van der Waals surface area contributed by atoms with Crippen molar-refractivity contribution in [2.45, 2.75) is 25.0 Å². The van der Waals surface area contributed by atoms with Gasteiger partial charge in [-0.3, -0.25) is 9.97 Å². The molecule has 0 amide bonds. The van der Waals surface area contributed by atoms with Gasteiger partial charge in [0.1, 0.15) is 5.70 Å². The number of nitrogens with zero attached hydrogens (tertiary/aromatic N) is 3. The Morgan fingerprint density at radius 3 is 2.65 bits per heavy atom. The van der Waals surface area contributed by atoms with Gasteiger partial charge in [-0.05, 0) is 6.92 Å². The average molecular weight is 305 g/mol. The number of halogens is 3. The van der Waals surface area contributed by atoms with Gasteiger partial charge in [0.15, 0.2) is 5.37 Å². The van der Waals surface area contributed by atoms with Gasteiger partial charge in [0, 0.05) is 17.8 Å². The first-order valence-electron chi connectivity index (χ1n) is 5.49. The highest BCUT2D eigenvalue weighted by Gasteiger charge is 2.46. The number of hydrogen-bond acceptors (Lipinski definition) is 5. The van der Waals surface area contributed by atoms with E-state index in [1.165, 1.54) is 12.4 Å². The number of carboxylic acid groups (broad SMARTS) is 1. The first kappa shape index (κ1) is 14.6. The minimum Gasteiger partial charge on any atom is -0.479 e. The third-order valence-electron chi connectivity index (χ3n) is 2.71. The largest absolute Gasteiger partial charge is 0.479 e. The Hall–Kier alpha value is -1.77. The highest BCUT2D eigenvalue weighted by Crippen LogP contribution is 2.41. The van der Waals surface area contributed by atoms with Crippen molar-refractivity contribution in [3.63, 3.8) is 0 Å². The fraction of sp³-hybridized carbons (Fsp3) is 0.364. The van der Waals surface area contributed by atoms with Crippen molar-refractivity contribution >= 4 is 17.7 Å². The predicted molar refractivity (Wildman–Crippen MR) is 65.5 cm³/mol. The van der Waals surface area contributed by atoms with Gasteiger partial charge in [-0.2, -0.15) is 13.2 Å². The molecule has 0 aliphatic carbocycles. The molecule has 0 fully saturated rings. The summed E-state index contributed by atoms with van der Waals surface area (Å²) >= 11 is 0.615. The first-order valence-corrected chi connectivity index (χ1v) is 6.43. The van der Waals surface area contributed by atoms with E-state index in [2.05, 4.69) is 9.97 Å². The molecule has 2 rings (SSSR count). The van der Waals surface area contributed by atoms with Gasteiger partial charge in [-0.15, -0.1) is 0 Å². The number of hydrogen-bond donors (Lipinski definition) is 1. The zero-order valence-electron chi connectivity index (χ0n) is 10.3. The molecule has 1 unspecified atom stereocenters. The van der Waals surface area contributed by atoms with E-state index in [-0.39, 0.29) is 6.54 Å². The zero-order valence-corrected chi connectivity index (χ0v) is 11.1. The van der Waals surface area contributed by atoms with Gasteiger partial charge in [0.05, 0.1) is 17.9 Å². The molecule has 5 nitrogen and oxygen atoms in total. The molecule has 0 radical (unpaired) electrons. The summed E-state index contributed by atoms with van der Waals surface area (Å²) in [4.78, 5) is 19.7. The second-order valence-corrected chi connectivity index (χ2v) is 5.00. The van der Waals surface area contributed by atoms with Crippen LogP contribution in [0.2, 0.25) is 0 Å². The van der Waals surface area contributed by atoms with Gasteiger partial charge < -0.3 is 10.0 Å². The lowest BCUT2D eigenvalue weighted by Crippen LogP contribution is -2.38. The molecular weight excluding hydrogens is 295 g/mol. The molecular formula is C11H10F3N3O2S. The molecule has 1 aliphatic heterocycles. The van der Waals surface area contributed by atoms with Crippen LogP contribution in [0.4, 0.5) is 13.2 Å². The van der Waals surface area contributed by atoms with Crippen molar-refractivity contribution in [2.24, 2.45) is 0 Å². The molecule has 1 N–H and O–H groups in total. The number of carboxylic acids is 1. The lowest BCUT2D eigenvalue weighted by Gasteiger charge is -2.27. The number of rotatable bonds is 3. The Bertz CT molecular complexity index is 562. The maximum atomic E-state index is 12.9. The van der Waals surface area contributed by atoms with E-state index in [1.807, 2.05) is 0 Å². The van der Waals surface area contributed by atoms with Crippen LogP contribution in [0.15, 0.2) is 23.5 Å².